The molecule has 26 heavy (non-hydrogen) atoms. The van der Waals surface area contributed by atoms with Crippen molar-refractivity contribution in [1.29, 1.82) is 0 Å². The molecule has 138 valence electrons. The van der Waals surface area contributed by atoms with Crippen LogP contribution in [0, 0.1) is 0 Å². The summed E-state index contributed by atoms with van der Waals surface area (Å²) in [6.07, 6.45) is 6.78. The van der Waals surface area contributed by atoms with Crippen LogP contribution in [0.1, 0.15) is 40.5 Å². The molecule has 0 spiro atoms. The van der Waals surface area contributed by atoms with E-state index in [2.05, 4.69) is 52.3 Å². The molecule has 3 heterocycles. The Labute approximate surface area is 160 Å². The normalized spacial score (nSPS) is 19.0. The van der Waals surface area contributed by atoms with Crippen LogP contribution in [0.2, 0.25) is 0 Å². The van der Waals surface area contributed by atoms with Gasteiger partial charge in [-0.2, -0.15) is 0 Å². The fraction of sp³-hybridized carbons (Fsp3) is 0.478. The summed E-state index contributed by atoms with van der Waals surface area (Å²) in [7, 11) is 0.483. The molecule has 0 radical (unpaired) electrons. The van der Waals surface area contributed by atoms with E-state index in [0.29, 0.717) is 10.9 Å². The smallest absolute Gasteiger partial charge is 0.256 e. The molecule has 0 atom stereocenters. The van der Waals surface area contributed by atoms with Crippen molar-refractivity contribution >= 4 is 32.7 Å². The van der Waals surface area contributed by atoms with E-state index in [1.54, 1.807) is 4.90 Å². The molecule has 2 fully saturated rings. The summed E-state index contributed by atoms with van der Waals surface area (Å²) in [6, 6.07) is 14.4. The Balaban J connectivity index is 0.00000180. The first kappa shape index (κ1) is 16.6. The Morgan fingerprint density at radius 1 is 0.885 bits per heavy atom. The van der Waals surface area contributed by atoms with E-state index in [1.807, 2.05) is 0 Å². The predicted molar refractivity (Wildman–Crippen MR) is 116 cm³/mol. The number of nitrogens with zero attached hydrogens (tertiary/aromatic N) is 1. The van der Waals surface area contributed by atoms with Crippen molar-refractivity contribution in [2.75, 3.05) is 24.7 Å². The SMILES string of the molecule is CCn1c2ccc([O+]3CCCCC3)cc2c2cc([S+]3CCCC3)ccc21.[HH]. The lowest BCUT2D eigenvalue weighted by atomic mass is 10.1. The molecule has 0 aliphatic carbocycles. The first-order chi connectivity index (χ1) is 12.8. The predicted octanol–water partition coefficient (Wildman–Crippen LogP) is 6.28. The largest absolute Gasteiger partial charge is 0.572 e. The molecule has 0 bridgehead atoms. The molecule has 3 heteroatoms. The quantitative estimate of drug-likeness (QED) is 0.480. The van der Waals surface area contributed by atoms with E-state index in [1.165, 1.54) is 71.2 Å². The van der Waals surface area contributed by atoms with Gasteiger partial charge in [0.15, 0.2) is 18.1 Å². The zero-order chi connectivity index (χ0) is 17.5. The Kier molecular flexibility index (Phi) is 4.36. The van der Waals surface area contributed by atoms with Crippen LogP contribution >= 0.6 is 0 Å². The molecule has 2 aliphatic heterocycles. The van der Waals surface area contributed by atoms with Crippen LogP contribution < -0.4 is 0 Å². The minimum absolute atomic E-state index is 0. The summed E-state index contributed by atoms with van der Waals surface area (Å²) in [5.41, 5.74) is 2.78. The zero-order valence-electron chi connectivity index (χ0n) is 15.8. The highest BCUT2D eigenvalue weighted by molar-refractivity contribution is 7.97. The minimum Gasteiger partial charge on any atom is -0.572 e. The lowest BCUT2D eigenvalue weighted by Gasteiger charge is -2.28. The molecule has 3 aromatic rings. The van der Waals surface area contributed by atoms with Gasteiger partial charge in [-0.25, -0.2) is 0 Å². The van der Waals surface area contributed by atoms with Crippen LogP contribution in [-0.2, 0) is 21.8 Å². The molecule has 5 rings (SSSR count). The molecule has 2 nitrogen and oxygen atoms in total. The number of aryl methyl sites for hydroxylation is 1. The Bertz CT molecular complexity index is 938. The van der Waals surface area contributed by atoms with Gasteiger partial charge in [0.1, 0.15) is 11.5 Å². The molecule has 2 saturated heterocycles. The van der Waals surface area contributed by atoms with Gasteiger partial charge in [-0.05, 0) is 44.4 Å². The molecule has 0 N–H and O–H groups in total. The molecule has 1 aromatic heterocycles. The average molecular weight is 370 g/mol. The summed E-state index contributed by atoms with van der Waals surface area (Å²) in [6.45, 7) is 5.55. The van der Waals surface area contributed by atoms with E-state index in [4.69, 9.17) is 0 Å². The van der Waals surface area contributed by atoms with Crippen molar-refractivity contribution in [3.63, 3.8) is 0 Å². The zero-order valence-corrected chi connectivity index (χ0v) is 16.6. The summed E-state index contributed by atoms with van der Waals surface area (Å²) >= 11 is 0. The van der Waals surface area contributed by atoms with Gasteiger partial charge >= 0.3 is 0 Å². The molecule has 0 saturated carbocycles. The van der Waals surface area contributed by atoms with Gasteiger partial charge in [0.25, 0.3) is 5.75 Å². The fourth-order valence-electron chi connectivity index (χ4n) is 4.72. The van der Waals surface area contributed by atoms with Gasteiger partial charge in [-0.1, -0.05) is 0 Å². The molecule has 0 unspecified atom stereocenters. The highest BCUT2D eigenvalue weighted by Crippen LogP contribution is 2.37. The number of benzene rings is 2. The first-order valence-electron chi connectivity index (χ1n) is 10.3. The van der Waals surface area contributed by atoms with Gasteiger partial charge in [0.05, 0.1) is 0 Å². The molecule has 2 aliphatic rings. The highest BCUT2D eigenvalue weighted by Gasteiger charge is 2.28. The van der Waals surface area contributed by atoms with Gasteiger partial charge in [-0.15, -0.1) is 0 Å². The fourth-order valence-corrected chi connectivity index (χ4v) is 7.05. The number of aromatic nitrogens is 1. The second-order valence-electron chi connectivity index (χ2n) is 7.67. The standard InChI is InChI=1S/C23H29NOS.H2/c1-2-24-22-10-8-18(25-12-4-3-5-13-25)16-20(22)21-17-19(9-11-23(21)24)26-14-6-7-15-26;/h8-11,16-17H,2-7,12-15H2,1H3;1H/q+2;. The van der Waals surface area contributed by atoms with Crippen LogP contribution in [0.25, 0.3) is 21.8 Å². The number of rotatable bonds is 3. The molecule has 0 amide bonds. The third kappa shape index (κ3) is 2.72. The van der Waals surface area contributed by atoms with Crippen LogP contribution in [0.3, 0.4) is 0 Å². The third-order valence-corrected chi connectivity index (χ3v) is 8.59. The lowest BCUT2D eigenvalue weighted by Crippen LogP contribution is -2.16. The van der Waals surface area contributed by atoms with Crippen molar-refractivity contribution in [2.24, 2.45) is 0 Å². The average Bonchev–Trinajstić information content (AvgIpc) is 3.34. The van der Waals surface area contributed by atoms with Gasteiger partial charge in [-0.3, -0.25) is 0 Å². The van der Waals surface area contributed by atoms with E-state index >= 15 is 0 Å². The number of fused-ring (bicyclic) bond motifs is 3. The summed E-state index contributed by atoms with van der Waals surface area (Å²) in [5, 5.41) is 2.89. The van der Waals surface area contributed by atoms with Crippen molar-refractivity contribution in [1.82, 2.24) is 4.57 Å². The van der Waals surface area contributed by atoms with Gasteiger partial charge < -0.3 is 8.93 Å². The van der Waals surface area contributed by atoms with Crippen LogP contribution in [-0.4, -0.2) is 29.3 Å². The van der Waals surface area contributed by atoms with Crippen LogP contribution in [0.4, 0.5) is 0 Å². The van der Waals surface area contributed by atoms with Gasteiger partial charge in [0, 0.05) is 71.7 Å². The molecular weight excluding hydrogens is 338 g/mol. The van der Waals surface area contributed by atoms with Crippen LogP contribution in [0.15, 0.2) is 41.3 Å². The van der Waals surface area contributed by atoms with E-state index in [0.717, 1.165) is 19.8 Å². The van der Waals surface area contributed by atoms with E-state index < -0.39 is 0 Å². The topological polar surface area (TPSA) is 7.63 Å². The second-order valence-corrected chi connectivity index (χ2v) is 9.95. The Morgan fingerprint density at radius 2 is 1.58 bits per heavy atom. The monoisotopic (exact) mass is 369 g/mol. The third-order valence-electron chi connectivity index (χ3n) is 6.10. The lowest BCUT2D eigenvalue weighted by molar-refractivity contribution is -0.0767. The summed E-state index contributed by atoms with van der Waals surface area (Å²) < 4.78 is 5.97. The maximum Gasteiger partial charge on any atom is 0.256 e. The first-order valence-corrected chi connectivity index (χ1v) is 11.8. The highest BCUT2D eigenvalue weighted by atomic mass is 32.2. The van der Waals surface area contributed by atoms with Crippen molar-refractivity contribution in [3.05, 3.63) is 36.4 Å². The van der Waals surface area contributed by atoms with Crippen molar-refractivity contribution in [2.45, 2.75) is 50.5 Å². The molecule has 2 aromatic carbocycles. The maximum atomic E-state index is 3.48. The second kappa shape index (κ2) is 6.84. The van der Waals surface area contributed by atoms with Crippen molar-refractivity contribution < 1.29 is 5.79 Å². The van der Waals surface area contributed by atoms with Crippen LogP contribution in [0.5, 0.6) is 5.75 Å². The van der Waals surface area contributed by atoms with E-state index in [9.17, 15) is 0 Å². The summed E-state index contributed by atoms with van der Waals surface area (Å²) in [5.74, 6) is 4.13. The summed E-state index contributed by atoms with van der Waals surface area (Å²) in [4.78, 5) is 1.58. The van der Waals surface area contributed by atoms with Gasteiger partial charge in [0.2, 0.25) is 0 Å². The minimum atomic E-state index is 0. The number of hydrogen-bond donors (Lipinski definition) is 0. The Morgan fingerprint density at radius 3 is 2.31 bits per heavy atom. The Hall–Kier alpha value is -1.61. The van der Waals surface area contributed by atoms with E-state index in [-0.39, 0.29) is 1.43 Å². The maximum absolute atomic E-state index is 3.48. The molecular formula is C23H31NOS+2. The number of hydrogen-bond acceptors (Lipinski definition) is 0. The van der Waals surface area contributed by atoms with Crippen molar-refractivity contribution in [3.8, 4) is 5.75 Å².